The molecule has 3 nitrogen and oxygen atoms in total. The molecule has 0 aliphatic heterocycles. The fraction of sp³-hybridized carbons (Fsp3) is 0.222. The largest absolute Gasteiger partial charge is 0.478 e. The van der Waals surface area contributed by atoms with Crippen molar-refractivity contribution in [2.75, 3.05) is 6.61 Å². The molecule has 1 aromatic rings. The highest BCUT2D eigenvalue weighted by molar-refractivity contribution is 5.73. The summed E-state index contributed by atoms with van der Waals surface area (Å²) in [6, 6.07) is 3.33. The average Bonchev–Trinajstić information content (AvgIpc) is 2.15. The van der Waals surface area contributed by atoms with Gasteiger partial charge in [-0.15, -0.1) is 0 Å². The molecule has 0 saturated heterocycles. The minimum Gasteiger partial charge on any atom is -0.478 e. The smallest absolute Gasteiger partial charge is 0.213 e. The Bertz CT molecular complexity index is 243. The van der Waals surface area contributed by atoms with Gasteiger partial charge in [0.25, 0.3) is 0 Å². The monoisotopic (exact) mass is 164 g/mol. The highest BCUT2D eigenvalue weighted by Gasteiger charge is 1.93. The van der Waals surface area contributed by atoms with Gasteiger partial charge in [0.2, 0.25) is 5.88 Å². The Kier molecular flexibility index (Phi) is 3.26. The summed E-state index contributed by atoms with van der Waals surface area (Å²) in [4.78, 5) is 14.1. The van der Waals surface area contributed by atoms with Gasteiger partial charge in [0.1, 0.15) is 0 Å². The Morgan fingerprint density at radius 1 is 1.58 bits per heavy atom. The van der Waals surface area contributed by atoms with E-state index in [0.29, 0.717) is 24.5 Å². The number of carbonyl (C=O) groups excluding carboxylic acids is 1. The number of hydrogen-bond donors (Lipinski definition) is 0. The maximum atomic E-state index is 10.2. The molecule has 0 saturated carbocycles. The summed E-state index contributed by atoms with van der Waals surface area (Å²) in [5.41, 5.74) is 0.553. The lowest BCUT2D eigenvalue weighted by Crippen LogP contribution is -1.97. The summed E-state index contributed by atoms with van der Waals surface area (Å²) < 4.78 is 5.17. The van der Waals surface area contributed by atoms with Crippen molar-refractivity contribution < 1.29 is 9.53 Å². The molecule has 1 rings (SSSR count). The van der Waals surface area contributed by atoms with Crippen LogP contribution in [0.4, 0.5) is 0 Å². The van der Waals surface area contributed by atoms with Gasteiger partial charge in [-0.1, -0.05) is 0 Å². The lowest BCUT2D eigenvalue weighted by Gasteiger charge is -2.01. The van der Waals surface area contributed by atoms with Crippen LogP contribution in [0.1, 0.15) is 16.8 Å². The molecule has 0 aliphatic carbocycles. The first-order valence-electron chi connectivity index (χ1n) is 3.70. The van der Waals surface area contributed by atoms with E-state index in [1.54, 1.807) is 12.1 Å². The molecular formula is C9H10NO2. The minimum absolute atomic E-state index is 0.532. The first-order valence-corrected chi connectivity index (χ1v) is 3.70. The van der Waals surface area contributed by atoms with Gasteiger partial charge in [-0.25, -0.2) is 4.98 Å². The number of ether oxygens (including phenoxy) is 1. The van der Waals surface area contributed by atoms with Gasteiger partial charge < -0.3 is 4.74 Å². The van der Waals surface area contributed by atoms with Crippen LogP contribution < -0.4 is 4.74 Å². The van der Waals surface area contributed by atoms with Crippen LogP contribution in [0.2, 0.25) is 0 Å². The number of hydrogen-bond acceptors (Lipinski definition) is 3. The van der Waals surface area contributed by atoms with E-state index in [1.807, 2.05) is 0 Å². The highest BCUT2D eigenvalue weighted by atomic mass is 16.5. The van der Waals surface area contributed by atoms with E-state index >= 15 is 0 Å². The highest BCUT2D eigenvalue weighted by Crippen LogP contribution is 2.05. The molecule has 0 aliphatic rings. The van der Waals surface area contributed by atoms with Crippen LogP contribution in [0.25, 0.3) is 0 Å². The van der Waals surface area contributed by atoms with E-state index in [9.17, 15) is 4.79 Å². The third-order valence-electron chi connectivity index (χ3n) is 1.29. The van der Waals surface area contributed by atoms with Crippen LogP contribution in [0.3, 0.4) is 0 Å². The molecule has 0 aromatic carbocycles. The van der Waals surface area contributed by atoms with Crippen LogP contribution in [-0.4, -0.2) is 17.9 Å². The second-order valence-electron chi connectivity index (χ2n) is 2.25. The Hall–Kier alpha value is -1.38. The number of aromatic nitrogens is 1. The van der Waals surface area contributed by atoms with Gasteiger partial charge in [-0.05, 0) is 19.4 Å². The molecule has 1 radical (unpaired) electrons. The van der Waals surface area contributed by atoms with Crippen molar-refractivity contribution in [2.45, 2.75) is 6.42 Å². The van der Waals surface area contributed by atoms with E-state index < -0.39 is 0 Å². The van der Waals surface area contributed by atoms with Gasteiger partial charge in [-0.3, -0.25) is 4.79 Å². The van der Waals surface area contributed by atoms with Crippen LogP contribution in [0.15, 0.2) is 18.3 Å². The van der Waals surface area contributed by atoms with Crippen molar-refractivity contribution >= 4 is 6.29 Å². The summed E-state index contributed by atoms with van der Waals surface area (Å²) in [5, 5.41) is 0. The van der Waals surface area contributed by atoms with Crippen LogP contribution in [0, 0.1) is 6.92 Å². The third kappa shape index (κ3) is 2.34. The van der Waals surface area contributed by atoms with Crippen molar-refractivity contribution in [1.29, 1.82) is 0 Å². The summed E-state index contributed by atoms with van der Waals surface area (Å²) in [6.07, 6.45) is 2.93. The normalized spacial score (nSPS) is 9.42. The SMILES string of the molecule is [CH2]CCOc1ccc(C=O)cn1. The van der Waals surface area contributed by atoms with Crippen molar-refractivity contribution in [2.24, 2.45) is 0 Å². The zero-order valence-electron chi connectivity index (χ0n) is 6.69. The molecule has 0 atom stereocenters. The summed E-state index contributed by atoms with van der Waals surface area (Å²) in [7, 11) is 0. The van der Waals surface area contributed by atoms with Crippen molar-refractivity contribution in [3.63, 3.8) is 0 Å². The van der Waals surface area contributed by atoms with E-state index in [4.69, 9.17) is 4.74 Å². The fourth-order valence-corrected chi connectivity index (χ4v) is 0.724. The van der Waals surface area contributed by atoms with Crippen LogP contribution >= 0.6 is 0 Å². The van der Waals surface area contributed by atoms with Gasteiger partial charge in [0.05, 0.1) is 6.61 Å². The predicted octanol–water partition coefficient (Wildman–Crippen LogP) is 1.50. The van der Waals surface area contributed by atoms with E-state index in [0.717, 1.165) is 6.29 Å². The number of pyridine rings is 1. The van der Waals surface area contributed by atoms with E-state index in [-0.39, 0.29) is 0 Å². The molecule has 0 spiro atoms. The predicted molar refractivity (Wildman–Crippen MR) is 45.1 cm³/mol. The van der Waals surface area contributed by atoms with E-state index in [1.165, 1.54) is 6.20 Å². The second-order valence-corrected chi connectivity index (χ2v) is 2.25. The van der Waals surface area contributed by atoms with E-state index in [2.05, 4.69) is 11.9 Å². The fourth-order valence-electron chi connectivity index (χ4n) is 0.724. The molecule has 0 unspecified atom stereocenters. The van der Waals surface area contributed by atoms with Crippen molar-refractivity contribution in [3.05, 3.63) is 30.8 Å². The summed E-state index contributed by atoms with van der Waals surface area (Å²) in [6.45, 7) is 4.17. The average molecular weight is 164 g/mol. The Morgan fingerprint density at radius 2 is 2.42 bits per heavy atom. The number of nitrogens with zero attached hydrogens (tertiary/aromatic N) is 1. The lowest BCUT2D eigenvalue weighted by molar-refractivity contribution is 0.112. The van der Waals surface area contributed by atoms with Gasteiger partial charge >= 0.3 is 0 Å². The molecule has 1 aromatic heterocycles. The second kappa shape index (κ2) is 4.49. The van der Waals surface area contributed by atoms with Crippen molar-refractivity contribution in [1.82, 2.24) is 4.98 Å². The Labute approximate surface area is 71.4 Å². The van der Waals surface area contributed by atoms with Crippen LogP contribution in [-0.2, 0) is 0 Å². The summed E-state index contributed by atoms with van der Waals surface area (Å²) >= 11 is 0. The quantitative estimate of drug-likeness (QED) is 0.633. The zero-order chi connectivity index (χ0) is 8.81. The first kappa shape index (κ1) is 8.71. The minimum atomic E-state index is 0.532. The standard InChI is InChI=1S/C9H10NO2/c1-2-5-12-9-4-3-8(7-11)6-10-9/h3-4,6-7H,1-2,5H2. The molecular weight excluding hydrogens is 154 g/mol. The molecule has 12 heavy (non-hydrogen) atoms. The number of carbonyl (C=O) groups is 1. The van der Waals surface area contributed by atoms with Gasteiger partial charge in [0.15, 0.2) is 6.29 Å². The molecule has 0 bridgehead atoms. The molecule has 63 valence electrons. The molecule has 0 N–H and O–H groups in total. The Morgan fingerprint density at radius 3 is 2.92 bits per heavy atom. The molecule has 0 amide bonds. The van der Waals surface area contributed by atoms with Gasteiger partial charge in [0, 0.05) is 17.8 Å². The lowest BCUT2D eigenvalue weighted by atomic mass is 10.3. The zero-order valence-corrected chi connectivity index (χ0v) is 6.69. The first-order chi connectivity index (χ1) is 5.86. The van der Waals surface area contributed by atoms with Crippen LogP contribution in [0.5, 0.6) is 5.88 Å². The maximum Gasteiger partial charge on any atom is 0.213 e. The molecule has 3 heteroatoms. The Balaban J connectivity index is 2.58. The third-order valence-corrected chi connectivity index (χ3v) is 1.29. The topological polar surface area (TPSA) is 39.2 Å². The number of aldehydes is 1. The van der Waals surface area contributed by atoms with Crippen molar-refractivity contribution in [3.8, 4) is 5.88 Å². The maximum absolute atomic E-state index is 10.2. The molecule has 1 heterocycles. The number of rotatable bonds is 4. The van der Waals surface area contributed by atoms with Gasteiger partial charge in [-0.2, -0.15) is 0 Å². The molecule has 0 fully saturated rings. The summed E-state index contributed by atoms with van der Waals surface area (Å²) in [5.74, 6) is 0.532.